The van der Waals surface area contributed by atoms with Crippen molar-refractivity contribution < 1.29 is 9.53 Å². The van der Waals surface area contributed by atoms with Crippen LogP contribution in [0, 0.1) is 5.92 Å². The van der Waals surface area contributed by atoms with Crippen LogP contribution in [0.1, 0.15) is 34.4 Å². The van der Waals surface area contributed by atoms with E-state index in [4.69, 9.17) is 16.3 Å². The van der Waals surface area contributed by atoms with Crippen molar-refractivity contribution in [2.75, 3.05) is 13.0 Å². The Labute approximate surface area is 97.4 Å². The van der Waals surface area contributed by atoms with Crippen LogP contribution in [0.5, 0.6) is 0 Å². The second-order valence-corrected chi connectivity index (χ2v) is 4.78. The molecule has 2 rings (SSSR count). The number of carbonyl (C=O) groups excluding carboxylic acids is 1. The van der Waals surface area contributed by atoms with Crippen molar-refractivity contribution in [3.63, 3.8) is 0 Å². The van der Waals surface area contributed by atoms with Gasteiger partial charge in [-0.05, 0) is 18.8 Å². The number of aromatic nitrogens is 1. The fourth-order valence-electron chi connectivity index (χ4n) is 1.51. The predicted octanol–water partition coefficient (Wildman–Crippen LogP) is 2.66. The molecule has 0 aromatic carbocycles. The van der Waals surface area contributed by atoms with Crippen molar-refractivity contribution in [1.29, 1.82) is 0 Å². The SMILES string of the molecule is COC(c1nc(C(=O)CCl)cs1)C1CC1. The summed E-state index contributed by atoms with van der Waals surface area (Å²) in [5.74, 6) is 0.453. The van der Waals surface area contributed by atoms with Gasteiger partial charge < -0.3 is 4.74 Å². The highest BCUT2D eigenvalue weighted by Gasteiger charge is 2.34. The molecule has 1 aliphatic rings. The van der Waals surface area contributed by atoms with Crippen molar-refractivity contribution in [2.45, 2.75) is 18.9 Å². The molecule has 1 saturated carbocycles. The average molecular weight is 246 g/mol. The van der Waals surface area contributed by atoms with Crippen LogP contribution in [-0.4, -0.2) is 23.8 Å². The van der Waals surface area contributed by atoms with Gasteiger partial charge in [0.2, 0.25) is 0 Å². The molecule has 0 radical (unpaired) electrons. The van der Waals surface area contributed by atoms with Crippen LogP contribution in [0.25, 0.3) is 0 Å². The number of carbonyl (C=O) groups is 1. The van der Waals surface area contributed by atoms with Gasteiger partial charge in [0.15, 0.2) is 5.78 Å². The minimum atomic E-state index is -0.121. The van der Waals surface area contributed by atoms with Crippen LogP contribution in [0.4, 0.5) is 0 Å². The van der Waals surface area contributed by atoms with Gasteiger partial charge in [0, 0.05) is 12.5 Å². The van der Waals surface area contributed by atoms with Gasteiger partial charge in [-0.25, -0.2) is 4.98 Å². The Kier molecular flexibility index (Phi) is 3.38. The normalized spacial score (nSPS) is 17.7. The molecule has 1 aromatic heterocycles. The van der Waals surface area contributed by atoms with Crippen molar-refractivity contribution in [1.82, 2.24) is 4.98 Å². The molecule has 1 heterocycles. The molecule has 82 valence electrons. The Morgan fingerprint density at radius 2 is 2.53 bits per heavy atom. The third kappa shape index (κ3) is 2.38. The molecule has 1 aliphatic carbocycles. The summed E-state index contributed by atoms with van der Waals surface area (Å²) in [6.07, 6.45) is 2.44. The van der Waals surface area contributed by atoms with Gasteiger partial charge >= 0.3 is 0 Å². The Bertz CT molecular complexity index is 362. The molecule has 1 fully saturated rings. The van der Waals surface area contributed by atoms with Crippen molar-refractivity contribution in [3.05, 3.63) is 16.1 Å². The lowest BCUT2D eigenvalue weighted by atomic mass is 10.2. The lowest BCUT2D eigenvalue weighted by Crippen LogP contribution is -2.05. The highest BCUT2D eigenvalue weighted by molar-refractivity contribution is 7.09. The van der Waals surface area contributed by atoms with E-state index in [0.29, 0.717) is 11.6 Å². The standard InChI is InChI=1S/C10H12ClNO2S/c1-14-9(6-2-3-6)10-12-7(5-15-10)8(13)4-11/h5-6,9H,2-4H2,1H3. The van der Waals surface area contributed by atoms with E-state index in [1.165, 1.54) is 24.2 Å². The monoisotopic (exact) mass is 245 g/mol. The molecule has 5 heteroatoms. The summed E-state index contributed by atoms with van der Waals surface area (Å²) >= 11 is 6.95. The number of ether oxygens (including phenoxy) is 1. The fourth-order valence-corrected chi connectivity index (χ4v) is 2.64. The quantitative estimate of drug-likeness (QED) is 0.591. The van der Waals surface area contributed by atoms with Crippen LogP contribution in [0.15, 0.2) is 5.38 Å². The Morgan fingerprint density at radius 1 is 1.80 bits per heavy atom. The molecular weight excluding hydrogens is 234 g/mol. The Balaban J connectivity index is 2.14. The number of thiazole rings is 1. The maximum atomic E-state index is 11.3. The molecule has 1 atom stereocenters. The van der Waals surface area contributed by atoms with Crippen LogP contribution in [0.2, 0.25) is 0 Å². The lowest BCUT2D eigenvalue weighted by Gasteiger charge is -2.10. The van der Waals surface area contributed by atoms with Crippen molar-refractivity contribution >= 4 is 28.7 Å². The van der Waals surface area contributed by atoms with E-state index in [1.54, 1.807) is 12.5 Å². The van der Waals surface area contributed by atoms with Gasteiger partial charge in [-0.1, -0.05) is 0 Å². The average Bonchev–Trinajstić information content (AvgIpc) is 2.96. The Hall–Kier alpha value is -0.450. The summed E-state index contributed by atoms with van der Waals surface area (Å²) in [4.78, 5) is 15.6. The summed E-state index contributed by atoms with van der Waals surface area (Å²) in [6, 6.07) is 0. The third-order valence-electron chi connectivity index (χ3n) is 2.48. The molecule has 0 aliphatic heterocycles. The van der Waals surface area contributed by atoms with Crippen molar-refractivity contribution in [3.8, 4) is 0 Å². The summed E-state index contributed by atoms with van der Waals surface area (Å²) in [5.41, 5.74) is 0.465. The number of ketones is 1. The second kappa shape index (κ2) is 4.60. The van der Waals surface area contributed by atoms with Crippen LogP contribution in [-0.2, 0) is 4.74 Å². The zero-order chi connectivity index (χ0) is 10.8. The molecule has 1 unspecified atom stereocenters. The van der Waals surface area contributed by atoms with Gasteiger partial charge in [-0.15, -0.1) is 22.9 Å². The van der Waals surface area contributed by atoms with E-state index in [9.17, 15) is 4.79 Å². The minimum absolute atomic E-state index is 0.00967. The second-order valence-electron chi connectivity index (χ2n) is 3.62. The molecule has 0 bridgehead atoms. The molecule has 3 nitrogen and oxygen atoms in total. The van der Waals surface area contributed by atoms with Crippen LogP contribution in [0.3, 0.4) is 0 Å². The van der Waals surface area contributed by atoms with Gasteiger partial charge in [0.05, 0.1) is 5.88 Å². The van der Waals surface area contributed by atoms with E-state index in [2.05, 4.69) is 4.98 Å². The molecule has 0 amide bonds. The number of hydrogen-bond acceptors (Lipinski definition) is 4. The van der Waals surface area contributed by atoms with E-state index in [0.717, 1.165) is 5.01 Å². The first-order valence-electron chi connectivity index (χ1n) is 4.83. The zero-order valence-corrected chi connectivity index (χ0v) is 9.98. The van der Waals surface area contributed by atoms with E-state index in [1.807, 2.05) is 0 Å². The molecular formula is C10H12ClNO2S. The number of rotatable bonds is 5. The smallest absolute Gasteiger partial charge is 0.196 e. The minimum Gasteiger partial charge on any atom is -0.374 e. The van der Waals surface area contributed by atoms with E-state index >= 15 is 0 Å². The zero-order valence-electron chi connectivity index (χ0n) is 8.40. The summed E-state index contributed by atoms with van der Waals surface area (Å²) in [6.45, 7) is 0. The molecule has 0 saturated heterocycles. The third-order valence-corrected chi connectivity index (χ3v) is 3.63. The topological polar surface area (TPSA) is 39.2 Å². The number of Topliss-reactive ketones (excluding diaryl/α,β-unsaturated/α-hetero) is 1. The Morgan fingerprint density at radius 3 is 3.07 bits per heavy atom. The lowest BCUT2D eigenvalue weighted by molar-refractivity contribution is 0.0840. The summed E-state index contributed by atoms with van der Waals surface area (Å²) in [7, 11) is 1.69. The number of alkyl halides is 1. The number of hydrogen-bond donors (Lipinski definition) is 0. The number of methoxy groups -OCH3 is 1. The number of halogens is 1. The van der Waals surface area contributed by atoms with E-state index in [-0.39, 0.29) is 17.8 Å². The fraction of sp³-hybridized carbons (Fsp3) is 0.600. The molecule has 0 spiro atoms. The highest BCUT2D eigenvalue weighted by atomic mass is 35.5. The first-order chi connectivity index (χ1) is 7.26. The van der Waals surface area contributed by atoms with Crippen LogP contribution < -0.4 is 0 Å². The highest BCUT2D eigenvalue weighted by Crippen LogP contribution is 2.43. The van der Waals surface area contributed by atoms with Gasteiger partial charge in [-0.3, -0.25) is 4.79 Å². The molecule has 1 aromatic rings. The summed E-state index contributed by atoms with van der Waals surface area (Å²) in [5, 5.41) is 2.66. The first kappa shape index (κ1) is 11.0. The maximum absolute atomic E-state index is 11.3. The molecule has 15 heavy (non-hydrogen) atoms. The first-order valence-corrected chi connectivity index (χ1v) is 6.25. The summed E-state index contributed by atoms with van der Waals surface area (Å²) < 4.78 is 5.39. The van der Waals surface area contributed by atoms with Crippen LogP contribution >= 0.6 is 22.9 Å². The maximum Gasteiger partial charge on any atom is 0.196 e. The van der Waals surface area contributed by atoms with E-state index < -0.39 is 0 Å². The van der Waals surface area contributed by atoms with Gasteiger partial charge in [-0.2, -0.15) is 0 Å². The van der Waals surface area contributed by atoms with Crippen molar-refractivity contribution in [2.24, 2.45) is 5.92 Å². The van der Waals surface area contributed by atoms with Gasteiger partial charge in [0.25, 0.3) is 0 Å². The van der Waals surface area contributed by atoms with Gasteiger partial charge in [0.1, 0.15) is 16.8 Å². The largest absolute Gasteiger partial charge is 0.374 e. The predicted molar refractivity (Wildman–Crippen MR) is 59.6 cm³/mol. The number of nitrogens with zero attached hydrogens (tertiary/aromatic N) is 1. The molecule has 0 N–H and O–H groups in total.